The minimum atomic E-state index is -4.39. The molecule has 0 aliphatic heterocycles. The van der Waals surface area contributed by atoms with Gasteiger partial charge in [0.1, 0.15) is 0 Å². The molecule has 0 bridgehead atoms. The van der Waals surface area contributed by atoms with Crippen molar-refractivity contribution in [1.82, 2.24) is 0 Å². The van der Waals surface area contributed by atoms with Gasteiger partial charge < -0.3 is 0 Å². The van der Waals surface area contributed by atoms with E-state index in [4.69, 9.17) is 0 Å². The molecule has 0 unspecified atom stereocenters. The van der Waals surface area contributed by atoms with Gasteiger partial charge in [0.25, 0.3) is 0 Å². The van der Waals surface area contributed by atoms with Gasteiger partial charge in [-0.2, -0.15) is 0 Å². The molecule has 4 heteroatoms. The van der Waals surface area contributed by atoms with Crippen LogP contribution in [-0.4, -0.2) is 12.2 Å². The minimum Gasteiger partial charge on any atom is -0.147 e. The summed E-state index contributed by atoms with van der Waals surface area (Å²) in [5.41, 5.74) is 8.63. The first kappa shape index (κ1) is 30.8. The summed E-state index contributed by atoms with van der Waals surface area (Å²) in [6.45, 7) is 4.78. The topological polar surface area (TPSA) is 0 Å². The van der Waals surface area contributed by atoms with Crippen molar-refractivity contribution in [3.05, 3.63) is 162 Å². The molecule has 0 amide bonds. The second kappa shape index (κ2) is 12.4. The molecule has 40 heavy (non-hydrogen) atoms. The molecule has 4 aromatic rings. The van der Waals surface area contributed by atoms with Crippen molar-refractivity contribution in [3.63, 3.8) is 0 Å². The van der Waals surface area contributed by atoms with E-state index in [0.717, 1.165) is 12.8 Å². The first-order valence-corrected chi connectivity index (χ1v) is 35.4. The monoisotopic (exact) mass is 792 g/mol. The zero-order valence-corrected chi connectivity index (χ0v) is 31.3. The Hall–Kier alpha value is -2.17. The molecular formula is C36H36Cl2GeHf. The Balaban J connectivity index is 0.00000185. The fourth-order valence-electron chi connectivity index (χ4n) is 7.05. The van der Waals surface area contributed by atoms with E-state index in [1.807, 2.05) is 0 Å². The van der Waals surface area contributed by atoms with Crippen LogP contribution in [-0.2, 0) is 15.4 Å². The minimum absolute atomic E-state index is 0. The van der Waals surface area contributed by atoms with E-state index >= 15 is 0 Å². The van der Waals surface area contributed by atoms with E-state index in [2.05, 4.69) is 147 Å². The first-order chi connectivity index (χ1) is 18.5. The van der Waals surface area contributed by atoms with E-state index in [1.54, 1.807) is 13.3 Å². The molecular weight excluding hydrogens is 754 g/mol. The molecule has 0 radical (unpaired) electrons. The molecule has 0 saturated heterocycles. The number of benzene rings is 4. The molecule has 0 heterocycles. The van der Waals surface area contributed by atoms with Crippen LogP contribution in [0.25, 0.3) is 11.1 Å². The predicted molar refractivity (Wildman–Crippen MR) is 179 cm³/mol. The van der Waals surface area contributed by atoms with E-state index in [1.165, 1.54) is 45.6 Å². The molecule has 202 valence electrons. The fraction of sp³-hybridized carbons (Fsp3) is 0.111. The average Bonchev–Trinajstić information content (AvgIpc) is 3.58. The van der Waals surface area contributed by atoms with Crippen LogP contribution in [0.4, 0.5) is 0 Å². The smallest absolute Gasteiger partial charge is 0.147 e. The molecule has 0 nitrogen and oxygen atoms in total. The molecule has 0 fully saturated rings. The van der Waals surface area contributed by atoms with Crippen LogP contribution in [0.1, 0.15) is 37.8 Å². The summed E-state index contributed by atoms with van der Waals surface area (Å²) >= 11 is -3.10. The summed E-state index contributed by atoms with van der Waals surface area (Å²) in [5, 5.41) is 0. The molecule has 2 aliphatic carbocycles. The molecule has 4 aromatic carbocycles. The van der Waals surface area contributed by atoms with Crippen LogP contribution < -0.4 is 6.64 Å². The van der Waals surface area contributed by atoms with Crippen molar-refractivity contribution in [2.75, 3.05) is 0 Å². The maximum Gasteiger partial charge on any atom is -0.147 e. The second-order valence-electron chi connectivity index (χ2n) is 10.9. The number of hydrogen-bond donors (Lipinski definition) is 0. The first-order valence-electron chi connectivity index (χ1n) is 13.6. The zero-order valence-electron chi connectivity index (χ0n) is 23.1. The normalized spacial score (nSPS) is 15.3. The SMILES string of the molecule is CC1=[C]([Hf](=[GeH2])([C]2=C(C)C=C(c3ccccc3)C2)([c]2ccccc2)[c]2ccccc2)CC(c2ccccc2)=C1.Cl.Cl. The molecule has 0 N–H and O–H groups in total. The van der Waals surface area contributed by atoms with Gasteiger partial charge in [-0.3, -0.25) is 0 Å². The number of allylic oxidation sites excluding steroid dienone is 8. The van der Waals surface area contributed by atoms with Crippen LogP contribution in [0.3, 0.4) is 0 Å². The quantitative estimate of drug-likeness (QED) is 0.173. The van der Waals surface area contributed by atoms with Gasteiger partial charge >= 0.3 is 235 Å². The molecule has 2 aliphatic rings. The number of halogens is 2. The molecule has 0 aromatic heterocycles. The second-order valence-corrected chi connectivity index (χ2v) is 54.2. The van der Waals surface area contributed by atoms with Crippen molar-refractivity contribution in [3.8, 4) is 0 Å². The molecule has 0 saturated carbocycles. The van der Waals surface area contributed by atoms with Crippen LogP contribution in [0.2, 0.25) is 0 Å². The van der Waals surface area contributed by atoms with Gasteiger partial charge in [0.05, 0.1) is 0 Å². The van der Waals surface area contributed by atoms with E-state index in [0.29, 0.717) is 0 Å². The van der Waals surface area contributed by atoms with Gasteiger partial charge in [-0.15, -0.1) is 24.8 Å². The van der Waals surface area contributed by atoms with Crippen molar-refractivity contribution < 1.29 is 15.4 Å². The Bertz CT molecular complexity index is 1570. The van der Waals surface area contributed by atoms with Gasteiger partial charge in [-0.25, -0.2) is 0 Å². The third kappa shape index (κ3) is 4.94. The number of rotatable bonds is 6. The molecule has 0 atom stereocenters. The van der Waals surface area contributed by atoms with E-state index < -0.39 is 15.4 Å². The van der Waals surface area contributed by atoms with Crippen LogP contribution >= 0.6 is 24.8 Å². The average molecular weight is 791 g/mol. The Morgan fingerprint density at radius 1 is 0.475 bits per heavy atom. The third-order valence-electron chi connectivity index (χ3n) is 8.91. The van der Waals surface area contributed by atoms with Crippen LogP contribution in [0.15, 0.2) is 151 Å². The van der Waals surface area contributed by atoms with Gasteiger partial charge in [0, 0.05) is 0 Å². The fourth-order valence-corrected chi connectivity index (χ4v) is 54.1. The standard InChI is InChI=1S/2C12H11.2C6H5.2ClH.GeH2.Hf/c2*1-10-7-8-12(9-10)11-5-3-2-4-6-11;2*1-2-4-6-5-3-1;;;;/h2*2-6,9H,8H2,1H3;2*1-5H;2*1H;1H2;. The van der Waals surface area contributed by atoms with Crippen molar-refractivity contribution >= 4 is 54.8 Å². The van der Waals surface area contributed by atoms with Gasteiger partial charge in [-0.1, -0.05) is 0 Å². The largest absolute Gasteiger partial charge is 0.147 e. The zero-order chi connectivity index (χ0) is 26.2. The number of hydrogen-bond acceptors (Lipinski definition) is 0. The van der Waals surface area contributed by atoms with Crippen molar-refractivity contribution in [1.29, 1.82) is 0 Å². The Morgan fingerprint density at radius 3 is 1.10 bits per heavy atom. The molecule has 0 spiro atoms. The van der Waals surface area contributed by atoms with E-state index in [9.17, 15) is 0 Å². The summed E-state index contributed by atoms with van der Waals surface area (Å²) < 4.78 is 6.69. The summed E-state index contributed by atoms with van der Waals surface area (Å²) in [6.07, 6.45) is 7.09. The third-order valence-corrected chi connectivity index (χ3v) is 62.8. The summed E-state index contributed by atoms with van der Waals surface area (Å²) in [7, 11) is 0. The predicted octanol–water partition coefficient (Wildman–Crippen LogP) is 8.24. The van der Waals surface area contributed by atoms with Crippen LogP contribution in [0, 0.1) is 0 Å². The van der Waals surface area contributed by atoms with E-state index in [-0.39, 0.29) is 24.8 Å². The summed E-state index contributed by atoms with van der Waals surface area (Å²) in [4.78, 5) is 0. The Labute approximate surface area is 257 Å². The maximum atomic E-state index is 2.50. The molecule has 6 rings (SSSR count). The van der Waals surface area contributed by atoms with Crippen molar-refractivity contribution in [2.24, 2.45) is 0 Å². The van der Waals surface area contributed by atoms with Gasteiger partial charge in [0.2, 0.25) is 0 Å². The van der Waals surface area contributed by atoms with Crippen LogP contribution in [0.5, 0.6) is 0 Å². The van der Waals surface area contributed by atoms with Gasteiger partial charge in [-0.05, 0) is 0 Å². The summed E-state index contributed by atoms with van der Waals surface area (Å²) in [5.74, 6) is 0. The van der Waals surface area contributed by atoms with Crippen molar-refractivity contribution in [2.45, 2.75) is 26.7 Å². The van der Waals surface area contributed by atoms with Gasteiger partial charge in [0.15, 0.2) is 0 Å². The summed E-state index contributed by atoms with van der Waals surface area (Å²) in [6, 6.07) is 45.4. The Kier molecular flexibility index (Phi) is 9.52. The Morgan fingerprint density at radius 2 is 0.775 bits per heavy atom. The maximum absolute atomic E-state index is 4.39.